The minimum Gasteiger partial charge on any atom is -0.489 e. The van der Waals surface area contributed by atoms with Gasteiger partial charge in [-0.05, 0) is 42.3 Å². The van der Waals surface area contributed by atoms with Gasteiger partial charge < -0.3 is 15.2 Å². The first-order valence-corrected chi connectivity index (χ1v) is 11.1. The Hall–Kier alpha value is -4.21. The van der Waals surface area contributed by atoms with Gasteiger partial charge >= 0.3 is 0 Å². The van der Waals surface area contributed by atoms with Crippen molar-refractivity contribution < 1.29 is 9.47 Å². The number of allylic oxidation sites excluding steroid dienone is 1. The van der Waals surface area contributed by atoms with E-state index in [1.165, 1.54) is 5.56 Å². The number of hydrogen-bond acceptors (Lipinski definition) is 5. The van der Waals surface area contributed by atoms with Gasteiger partial charge in [0.2, 0.25) is 11.8 Å². The number of nitrogens with two attached hydrogens (primary N) is 1. The lowest BCUT2D eigenvalue weighted by Gasteiger charge is -2.24. The molecule has 168 valence electrons. The van der Waals surface area contributed by atoms with Crippen LogP contribution in [-0.2, 0) is 6.61 Å². The summed E-state index contributed by atoms with van der Waals surface area (Å²) in [4.78, 5) is 0. The molecule has 0 spiro atoms. The van der Waals surface area contributed by atoms with Gasteiger partial charge in [-0.1, -0.05) is 65.7 Å². The minimum atomic E-state index is -0.440. The minimum absolute atomic E-state index is 0.0499. The molecule has 7 heteroatoms. The van der Waals surface area contributed by atoms with Gasteiger partial charge in [0.15, 0.2) is 0 Å². The maximum atomic E-state index is 9.90. The van der Waals surface area contributed by atoms with Crippen LogP contribution in [0.25, 0.3) is 11.3 Å². The zero-order valence-electron chi connectivity index (χ0n) is 18.4. The van der Waals surface area contributed by atoms with Gasteiger partial charge in [-0.3, -0.25) is 5.10 Å². The van der Waals surface area contributed by atoms with Crippen LogP contribution >= 0.6 is 11.6 Å². The van der Waals surface area contributed by atoms with E-state index >= 15 is 0 Å². The number of ether oxygens (including phenoxy) is 2. The van der Waals surface area contributed by atoms with Crippen molar-refractivity contribution in [3.05, 3.63) is 112 Å². The van der Waals surface area contributed by atoms with Gasteiger partial charge in [0, 0.05) is 10.6 Å². The number of hydrogen-bond donors (Lipinski definition) is 2. The van der Waals surface area contributed by atoms with Crippen molar-refractivity contribution in [1.82, 2.24) is 10.2 Å². The third kappa shape index (κ3) is 4.09. The summed E-state index contributed by atoms with van der Waals surface area (Å²) < 4.78 is 11.6. The molecule has 2 heterocycles. The summed E-state index contributed by atoms with van der Waals surface area (Å²) in [5.41, 5.74) is 12.0. The Labute approximate surface area is 202 Å². The first-order chi connectivity index (χ1) is 16.5. The molecule has 1 aromatic heterocycles. The Kier molecular flexibility index (Phi) is 5.70. The molecule has 0 amide bonds. The van der Waals surface area contributed by atoms with Gasteiger partial charge in [0.05, 0.1) is 17.2 Å². The van der Waals surface area contributed by atoms with Gasteiger partial charge in [-0.2, -0.15) is 5.26 Å². The standard InChI is InChI=1S/C27H21ClN4O2/c1-16-2-4-17(5-3-16)15-33-21-12-8-18(9-13-21)23-22(14-29)26(30)34-27-24(23)25(31-32-27)19-6-10-20(28)11-7-19/h2-13,23H,15,30H2,1H3,(H,31,32). The number of nitriles is 1. The molecule has 0 bridgehead atoms. The van der Waals surface area contributed by atoms with Crippen LogP contribution in [0.4, 0.5) is 0 Å². The lowest BCUT2D eigenvalue weighted by atomic mass is 9.83. The summed E-state index contributed by atoms with van der Waals surface area (Å²) in [7, 11) is 0. The van der Waals surface area contributed by atoms with Crippen molar-refractivity contribution in [3.63, 3.8) is 0 Å². The van der Waals surface area contributed by atoms with E-state index in [-0.39, 0.29) is 5.88 Å². The zero-order valence-corrected chi connectivity index (χ0v) is 19.1. The topological polar surface area (TPSA) is 96.9 Å². The predicted molar refractivity (Wildman–Crippen MR) is 130 cm³/mol. The number of benzene rings is 3. The number of fused-ring (bicyclic) bond motifs is 1. The molecule has 1 aliphatic rings. The summed E-state index contributed by atoms with van der Waals surface area (Å²) in [6.07, 6.45) is 0. The van der Waals surface area contributed by atoms with Crippen LogP contribution in [0.15, 0.2) is 84.3 Å². The van der Waals surface area contributed by atoms with Crippen molar-refractivity contribution in [2.45, 2.75) is 19.4 Å². The van der Waals surface area contributed by atoms with E-state index in [0.29, 0.717) is 23.1 Å². The number of H-pyrrole nitrogens is 1. The summed E-state index contributed by atoms with van der Waals surface area (Å²) >= 11 is 6.06. The first kappa shape index (κ1) is 21.6. The fourth-order valence-corrected chi connectivity index (χ4v) is 4.15. The lowest BCUT2D eigenvalue weighted by Crippen LogP contribution is -2.21. The number of aromatic amines is 1. The average molecular weight is 469 g/mol. The molecule has 0 radical (unpaired) electrons. The number of aromatic nitrogens is 2. The Morgan fingerprint density at radius 1 is 1.06 bits per heavy atom. The lowest BCUT2D eigenvalue weighted by molar-refractivity contribution is 0.306. The van der Waals surface area contributed by atoms with Crippen LogP contribution < -0.4 is 15.2 Å². The maximum Gasteiger partial charge on any atom is 0.244 e. The van der Waals surface area contributed by atoms with E-state index < -0.39 is 5.92 Å². The molecule has 6 nitrogen and oxygen atoms in total. The summed E-state index contributed by atoms with van der Waals surface area (Å²) in [5.74, 6) is 0.696. The van der Waals surface area contributed by atoms with Crippen molar-refractivity contribution in [3.8, 4) is 29.0 Å². The van der Waals surface area contributed by atoms with Crippen LogP contribution in [0.2, 0.25) is 5.02 Å². The summed E-state index contributed by atoms with van der Waals surface area (Å²) in [5, 5.41) is 17.9. The number of halogens is 1. The quantitative estimate of drug-likeness (QED) is 0.383. The summed E-state index contributed by atoms with van der Waals surface area (Å²) in [6, 6.07) is 25.5. The molecule has 3 aromatic carbocycles. The van der Waals surface area contributed by atoms with Gasteiger partial charge in [-0.15, -0.1) is 5.10 Å². The maximum absolute atomic E-state index is 9.90. The Balaban J connectivity index is 1.48. The van der Waals surface area contributed by atoms with E-state index in [4.69, 9.17) is 26.8 Å². The molecule has 1 unspecified atom stereocenters. The van der Waals surface area contributed by atoms with Crippen LogP contribution in [0.5, 0.6) is 11.6 Å². The molecule has 4 aromatic rings. The number of rotatable bonds is 5. The molecule has 0 aliphatic carbocycles. The smallest absolute Gasteiger partial charge is 0.244 e. The van der Waals surface area contributed by atoms with Crippen molar-refractivity contribution in [1.29, 1.82) is 5.26 Å². The Bertz CT molecular complexity index is 1400. The fraction of sp³-hybridized carbons (Fsp3) is 0.111. The van der Waals surface area contributed by atoms with E-state index in [2.05, 4.69) is 47.5 Å². The molecule has 34 heavy (non-hydrogen) atoms. The molecule has 1 aliphatic heterocycles. The molecular formula is C27H21ClN4O2. The van der Waals surface area contributed by atoms with Gasteiger partial charge in [0.1, 0.15) is 24.0 Å². The highest BCUT2D eigenvalue weighted by Gasteiger charge is 2.35. The monoisotopic (exact) mass is 468 g/mol. The number of nitrogens with zero attached hydrogens (tertiary/aromatic N) is 2. The van der Waals surface area contributed by atoms with Crippen LogP contribution in [-0.4, -0.2) is 10.2 Å². The third-order valence-corrected chi connectivity index (χ3v) is 6.06. The van der Waals surface area contributed by atoms with E-state index in [0.717, 1.165) is 33.7 Å². The second-order valence-electron chi connectivity index (χ2n) is 8.09. The number of aryl methyl sites for hydroxylation is 1. The summed E-state index contributed by atoms with van der Waals surface area (Å²) in [6.45, 7) is 2.53. The molecule has 0 fully saturated rings. The normalized spacial score (nSPS) is 14.8. The molecule has 3 N–H and O–H groups in total. The van der Waals surface area contributed by atoms with Crippen molar-refractivity contribution in [2.75, 3.05) is 0 Å². The first-order valence-electron chi connectivity index (χ1n) is 10.7. The van der Waals surface area contributed by atoms with Gasteiger partial charge in [0.25, 0.3) is 0 Å². The molecule has 5 rings (SSSR count). The third-order valence-electron chi connectivity index (χ3n) is 5.81. The predicted octanol–water partition coefficient (Wildman–Crippen LogP) is 5.84. The van der Waals surface area contributed by atoms with Crippen LogP contribution in [0.1, 0.15) is 28.2 Å². The van der Waals surface area contributed by atoms with E-state index in [1.54, 1.807) is 12.1 Å². The van der Waals surface area contributed by atoms with Crippen molar-refractivity contribution >= 4 is 11.6 Å². The highest BCUT2D eigenvalue weighted by Crippen LogP contribution is 2.45. The highest BCUT2D eigenvalue weighted by molar-refractivity contribution is 6.30. The number of nitrogens with one attached hydrogen (secondary N) is 1. The fourth-order valence-electron chi connectivity index (χ4n) is 4.02. The molecular weight excluding hydrogens is 448 g/mol. The van der Waals surface area contributed by atoms with E-state index in [9.17, 15) is 5.26 Å². The second kappa shape index (κ2) is 8.97. The van der Waals surface area contributed by atoms with Gasteiger partial charge in [-0.25, -0.2) is 0 Å². The Morgan fingerprint density at radius 3 is 2.44 bits per heavy atom. The van der Waals surface area contributed by atoms with Crippen LogP contribution in [0.3, 0.4) is 0 Å². The Morgan fingerprint density at radius 2 is 1.76 bits per heavy atom. The molecule has 0 saturated carbocycles. The average Bonchev–Trinajstić information content (AvgIpc) is 3.27. The molecule has 1 atom stereocenters. The van der Waals surface area contributed by atoms with Crippen LogP contribution in [0, 0.1) is 18.3 Å². The second-order valence-corrected chi connectivity index (χ2v) is 8.53. The highest BCUT2D eigenvalue weighted by atomic mass is 35.5. The van der Waals surface area contributed by atoms with E-state index in [1.807, 2.05) is 36.4 Å². The molecule has 0 saturated heterocycles. The van der Waals surface area contributed by atoms with Crippen molar-refractivity contribution in [2.24, 2.45) is 5.73 Å². The SMILES string of the molecule is Cc1ccc(COc2ccc(C3C(C#N)=C(N)Oc4n[nH]c(-c5ccc(Cl)cc5)c43)cc2)cc1. The largest absolute Gasteiger partial charge is 0.489 e. The zero-order chi connectivity index (χ0) is 23.7.